The number of halogens is 3. The van der Waals surface area contributed by atoms with Crippen LogP contribution in [0.2, 0.25) is 15.2 Å². The van der Waals surface area contributed by atoms with Gasteiger partial charge in [0.05, 0.1) is 16.3 Å². The molecule has 1 heterocycles. The first kappa shape index (κ1) is 16.8. The SMILES string of the molecule is CC(C)(CNc1nc(Cl)c(Cl)cc1Cl)NS(C)(=O)=O. The van der Waals surface area contributed by atoms with Gasteiger partial charge in [0.2, 0.25) is 10.0 Å². The lowest BCUT2D eigenvalue weighted by Crippen LogP contribution is -2.47. The largest absolute Gasteiger partial charge is 0.367 e. The van der Waals surface area contributed by atoms with Crippen molar-refractivity contribution in [3.63, 3.8) is 0 Å². The van der Waals surface area contributed by atoms with Crippen LogP contribution in [0.5, 0.6) is 0 Å². The van der Waals surface area contributed by atoms with Gasteiger partial charge in [0.1, 0.15) is 11.0 Å². The molecule has 1 aromatic rings. The first-order valence-electron chi connectivity index (χ1n) is 5.24. The van der Waals surface area contributed by atoms with E-state index in [-0.39, 0.29) is 16.7 Å². The molecule has 1 rings (SSSR count). The zero-order chi connectivity index (χ0) is 14.8. The van der Waals surface area contributed by atoms with Gasteiger partial charge < -0.3 is 5.32 Å². The molecule has 0 aliphatic rings. The maximum absolute atomic E-state index is 11.2. The average molecular weight is 347 g/mol. The van der Waals surface area contributed by atoms with Crippen LogP contribution < -0.4 is 10.0 Å². The van der Waals surface area contributed by atoms with Crippen molar-refractivity contribution < 1.29 is 8.42 Å². The highest BCUT2D eigenvalue weighted by atomic mass is 35.5. The number of sulfonamides is 1. The maximum atomic E-state index is 11.2. The molecule has 2 N–H and O–H groups in total. The van der Waals surface area contributed by atoms with Crippen molar-refractivity contribution in [1.82, 2.24) is 9.71 Å². The topological polar surface area (TPSA) is 71.1 Å². The fourth-order valence-corrected chi connectivity index (χ4v) is 3.05. The molecular formula is C10H14Cl3N3O2S. The van der Waals surface area contributed by atoms with Crippen molar-refractivity contribution in [2.24, 2.45) is 0 Å². The number of hydrogen-bond donors (Lipinski definition) is 2. The Labute approximate surface area is 127 Å². The van der Waals surface area contributed by atoms with Gasteiger partial charge in [-0.15, -0.1) is 0 Å². The van der Waals surface area contributed by atoms with E-state index in [9.17, 15) is 8.42 Å². The van der Waals surface area contributed by atoms with E-state index >= 15 is 0 Å². The van der Waals surface area contributed by atoms with Crippen LogP contribution >= 0.6 is 34.8 Å². The Morgan fingerprint density at radius 3 is 2.37 bits per heavy atom. The van der Waals surface area contributed by atoms with Crippen LogP contribution in [0.3, 0.4) is 0 Å². The molecule has 0 unspecified atom stereocenters. The summed E-state index contributed by atoms with van der Waals surface area (Å²) in [5, 5.41) is 3.62. The predicted molar refractivity (Wildman–Crippen MR) is 79.8 cm³/mol. The van der Waals surface area contributed by atoms with Crippen LogP contribution in [0.15, 0.2) is 6.07 Å². The lowest BCUT2D eigenvalue weighted by molar-refractivity contribution is 0.476. The standard InChI is InChI=1S/C10H14Cl3N3O2S/c1-10(2,16-19(3,17)18)5-14-9-7(12)4-6(11)8(13)15-9/h4,16H,5H2,1-3H3,(H,14,15). The van der Waals surface area contributed by atoms with Gasteiger partial charge in [0, 0.05) is 12.1 Å². The molecule has 0 spiro atoms. The van der Waals surface area contributed by atoms with E-state index in [1.54, 1.807) is 13.8 Å². The van der Waals surface area contributed by atoms with Gasteiger partial charge in [0.25, 0.3) is 0 Å². The quantitative estimate of drug-likeness (QED) is 0.804. The van der Waals surface area contributed by atoms with E-state index < -0.39 is 15.6 Å². The summed E-state index contributed by atoms with van der Waals surface area (Å²) >= 11 is 17.5. The highest BCUT2D eigenvalue weighted by Crippen LogP contribution is 2.29. The van der Waals surface area contributed by atoms with Crippen LogP contribution in [0.4, 0.5) is 5.82 Å². The first-order valence-corrected chi connectivity index (χ1v) is 8.27. The molecule has 0 aliphatic carbocycles. The molecule has 0 radical (unpaired) electrons. The molecule has 0 atom stereocenters. The zero-order valence-corrected chi connectivity index (χ0v) is 13.7. The molecule has 9 heteroatoms. The van der Waals surface area contributed by atoms with Crippen LogP contribution in [-0.2, 0) is 10.0 Å². The Balaban J connectivity index is 2.79. The van der Waals surface area contributed by atoms with Gasteiger partial charge >= 0.3 is 0 Å². The Morgan fingerprint density at radius 1 is 1.26 bits per heavy atom. The summed E-state index contributed by atoms with van der Waals surface area (Å²) in [4.78, 5) is 3.99. The second-order valence-corrected chi connectivity index (χ2v) is 7.62. The molecule has 0 amide bonds. The van der Waals surface area contributed by atoms with Crippen molar-refractivity contribution in [3.05, 3.63) is 21.3 Å². The summed E-state index contributed by atoms with van der Waals surface area (Å²) in [5.41, 5.74) is -0.704. The number of pyridine rings is 1. The average Bonchev–Trinajstić information content (AvgIpc) is 2.18. The monoisotopic (exact) mass is 345 g/mol. The smallest absolute Gasteiger partial charge is 0.209 e. The van der Waals surface area contributed by atoms with Gasteiger partial charge in [-0.1, -0.05) is 34.8 Å². The highest BCUT2D eigenvalue weighted by Gasteiger charge is 2.22. The van der Waals surface area contributed by atoms with E-state index in [1.165, 1.54) is 6.07 Å². The van der Waals surface area contributed by atoms with Crippen LogP contribution in [0.1, 0.15) is 13.8 Å². The second kappa shape index (κ2) is 6.01. The predicted octanol–water partition coefficient (Wildman–Crippen LogP) is 2.78. The van der Waals surface area contributed by atoms with Crippen molar-refractivity contribution in [2.45, 2.75) is 19.4 Å². The van der Waals surface area contributed by atoms with Gasteiger partial charge in [0.15, 0.2) is 0 Å². The van der Waals surface area contributed by atoms with Crippen LogP contribution in [0, 0.1) is 0 Å². The molecule has 19 heavy (non-hydrogen) atoms. The molecule has 1 aromatic heterocycles. The second-order valence-electron chi connectivity index (χ2n) is 4.70. The summed E-state index contributed by atoms with van der Waals surface area (Å²) in [5.74, 6) is 0.347. The van der Waals surface area contributed by atoms with E-state index in [1.807, 2.05) is 0 Å². The number of aromatic nitrogens is 1. The van der Waals surface area contributed by atoms with Crippen molar-refractivity contribution in [3.8, 4) is 0 Å². The van der Waals surface area contributed by atoms with Crippen molar-refractivity contribution in [2.75, 3.05) is 18.1 Å². The Bertz CT molecular complexity index is 576. The lowest BCUT2D eigenvalue weighted by Gasteiger charge is -2.25. The van der Waals surface area contributed by atoms with Gasteiger partial charge in [-0.3, -0.25) is 0 Å². The van der Waals surface area contributed by atoms with E-state index in [4.69, 9.17) is 34.8 Å². The number of rotatable bonds is 5. The van der Waals surface area contributed by atoms with Gasteiger partial charge in [-0.25, -0.2) is 18.1 Å². The summed E-state index contributed by atoms with van der Waals surface area (Å²) < 4.78 is 24.9. The first-order chi connectivity index (χ1) is 8.50. The molecule has 0 aliphatic heterocycles. The third kappa shape index (κ3) is 5.71. The summed E-state index contributed by atoms with van der Waals surface area (Å²) in [6, 6.07) is 1.47. The van der Waals surface area contributed by atoms with Crippen LogP contribution in [0.25, 0.3) is 0 Å². The van der Waals surface area contributed by atoms with Crippen LogP contribution in [-0.4, -0.2) is 31.7 Å². The minimum atomic E-state index is -3.30. The molecule has 0 fully saturated rings. The third-order valence-corrected chi connectivity index (χ3v) is 3.93. The Hall–Kier alpha value is -0.270. The number of nitrogens with zero attached hydrogens (tertiary/aromatic N) is 1. The molecule has 0 aromatic carbocycles. The minimum Gasteiger partial charge on any atom is -0.367 e. The maximum Gasteiger partial charge on any atom is 0.209 e. The molecule has 0 saturated carbocycles. The molecule has 108 valence electrons. The summed E-state index contributed by atoms with van der Waals surface area (Å²) in [7, 11) is -3.30. The summed E-state index contributed by atoms with van der Waals surface area (Å²) in [6.45, 7) is 3.74. The molecule has 5 nitrogen and oxygen atoms in total. The zero-order valence-electron chi connectivity index (χ0n) is 10.6. The van der Waals surface area contributed by atoms with E-state index in [0.29, 0.717) is 10.8 Å². The fraction of sp³-hybridized carbons (Fsp3) is 0.500. The Kier molecular flexibility index (Phi) is 5.31. The van der Waals surface area contributed by atoms with Crippen molar-refractivity contribution in [1.29, 1.82) is 0 Å². The van der Waals surface area contributed by atoms with Crippen molar-refractivity contribution >= 4 is 50.6 Å². The fourth-order valence-electron chi connectivity index (χ4n) is 1.41. The molecule has 0 bridgehead atoms. The normalized spacial score (nSPS) is 12.5. The number of hydrogen-bond acceptors (Lipinski definition) is 4. The highest BCUT2D eigenvalue weighted by molar-refractivity contribution is 7.88. The van der Waals surface area contributed by atoms with Gasteiger partial charge in [-0.05, 0) is 19.9 Å². The molecule has 0 saturated heterocycles. The third-order valence-electron chi connectivity index (χ3n) is 2.05. The van der Waals surface area contributed by atoms with E-state index in [2.05, 4.69) is 15.0 Å². The number of nitrogens with one attached hydrogen (secondary N) is 2. The lowest BCUT2D eigenvalue weighted by atomic mass is 10.1. The Morgan fingerprint density at radius 2 is 1.84 bits per heavy atom. The minimum absolute atomic E-state index is 0.127. The van der Waals surface area contributed by atoms with Gasteiger partial charge in [-0.2, -0.15) is 0 Å². The molecular weight excluding hydrogens is 333 g/mol. The van der Waals surface area contributed by atoms with E-state index in [0.717, 1.165) is 6.26 Å². The number of anilines is 1. The summed E-state index contributed by atoms with van der Waals surface area (Å²) in [6.07, 6.45) is 1.10.